The summed E-state index contributed by atoms with van der Waals surface area (Å²) in [5.74, 6) is 0.193. The molecule has 1 rings (SSSR count). The standard InChI is InChI=1S/C9H12N2O3/c1-3-9(12)14-6-7-4-11-8(13-2)5-10-7/h4-5H,3,6H2,1-2H3. The third-order valence-electron chi connectivity index (χ3n) is 1.56. The maximum atomic E-state index is 10.8. The van der Waals surface area contributed by atoms with Crippen LogP contribution in [0.3, 0.4) is 0 Å². The average molecular weight is 196 g/mol. The summed E-state index contributed by atoms with van der Waals surface area (Å²) in [4.78, 5) is 18.7. The Labute approximate surface area is 82.1 Å². The van der Waals surface area contributed by atoms with Gasteiger partial charge < -0.3 is 9.47 Å². The molecule has 1 aromatic rings. The van der Waals surface area contributed by atoms with Gasteiger partial charge in [-0.25, -0.2) is 4.98 Å². The van der Waals surface area contributed by atoms with E-state index in [1.54, 1.807) is 6.92 Å². The van der Waals surface area contributed by atoms with Gasteiger partial charge in [0.1, 0.15) is 6.61 Å². The molecule has 0 saturated carbocycles. The Hall–Kier alpha value is -1.65. The number of esters is 1. The largest absolute Gasteiger partial charge is 0.480 e. The molecule has 5 heteroatoms. The van der Waals surface area contributed by atoms with Crippen molar-refractivity contribution in [3.8, 4) is 5.88 Å². The second-order valence-corrected chi connectivity index (χ2v) is 2.56. The van der Waals surface area contributed by atoms with Crippen molar-refractivity contribution in [1.82, 2.24) is 9.97 Å². The fraction of sp³-hybridized carbons (Fsp3) is 0.444. The molecule has 76 valence electrons. The molecule has 0 aliphatic carbocycles. The van der Waals surface area contributed by atoms with Crippen LogP contribution in [0.4, 0.5) is 0 Å². The minimum Gasteiger partial charge on any atom is -0.480 e. The Balaban J connectivity index is 2.47. The smallest absolute Gasteiger partial charge is 0.305 e. The van der Waals surface area contributed by atoms with Gasteiger partial charge in [0, 0.05) is 6.42 Å². The number of methoxy groups -OCH3 is 1. The summed E-state index contributed by atoms with van der Waals surface area (Å²) < 4.78 is 9.70. The number of nitrogens with zero attached hydrogens (tertiary/aromatic N) is 2. The van der Waals surface area contributed by atoms with Crippen LogP contribution in [0.25, 0.3) is 0 Å². The zero-order chi connectivity index (χ0) is 10.4. The van der Waals surface area contributed by atoms with Crippen LogP contribution in [0.5, 0.6) is 5.88 Å². The van der Waals surface area contributed by atoms with Crippen LogP contribution in [0.15, 0.2) is 12.4 Å². The molecule has 1 aromatic heterocycles. The van der Waals surface area contributed by atoms with Crippen molar-refractivity contribution in [3.05, 3.63) is 18.1 Å². The molecule has 0 bridgehead atoms. The van der Waals surface area contributed by atoms with Crippen molar-refractivity contribution < 1.29 is 14.3 Å². The molecule has 0 aliphatic rings. The number of rotatable bonds is 4. The molecular formula is C9H12N2O3. The van der Waals surface area contributed by atoms with E-state index in [1.807, 2.05) is 0 Å². The van der Waals surface area contributed by atoms with E-state index in [-0.39, 0.29) is 12.6 Å². The third-order valence-corrected chi connectivity index (χ3v) is 1.56. The lowest BCUT2D eigenvalue weighted by molar-refractivity contribution is -0.144. The quantitative estimate of drug-likeness (QED) is 0.670. The molecule has 0 N–H and O–H groups in total. The Kier molecular flexibility index (Phi) is 3.84. The van der Waals surface area contributed by atoms with Gasteiger partial charge in [0.05, 0.1) is 25.2 Å². The zero-order valence-electron chi connectivity index (χ0n) is 8.19. The lowest BCUT2D eigenvalue weighted by Crippen LogP contribution is -2.04. The first-order chi connectivity index (χ1) is 6.76. The molecule has 1 heterocycles. The first-order valence-electron chi connectivity index (χ1n) is 4.26. The van der Waals surface area contributed by atoms with Gasteiger partial charge >= 0.3 is 5.97 Å². The Morgan fingerprint density at radius 3 is 2.71 bits per heavy atom. The van der Waals surface area contributed by atoms with Gasteiger partial charge in [-0.15, -0.1) is 0 Å². The van der Waals surface area contributed by atoms with Crippen LogP contribution in [-0.2, 0) is 16.1 Å². The van der Waals surface area contributed by atoms with Gasteiger partial charge in [0.15, 0.2) is 0 Å². The maximum absolute atomic E-state index is 10.8. The number of carbonyl (C=O) groups is 1. The zero-order valence-corrected chi connectivity index (χ0v) is 8.19. The van der Waals surface area contributed by atoms with E-state index >= 15 is 0 Å². The van der Waals surface area contributed by atoms with Crippen molar-refractivity contribution >= 4 is 5.97 Å². The van der Waals surface area contributed by atoms with Crippen molar-refractivity contribution in [2.45, 2.75) is 20.0 Å². The summed E-state index contributed by atoms with van der Waals surface area (Å²) in [5, 5.41) is 0. The monoisotopic (exact) mass is 196 g/mol. The van der Waals surface area contributed by atoms with E-state index in [0.717, 1.165) is 0 Å². The summed E-state index contributed by atoms with van der Waals surface area (Å²) in [5.41, 5.74) is 0.604. The molecule has 0 spiro atoms. The minimum atomic E-state index is -0.248. The summed E-state index contributed by atoms with van der Waals surface area (Å²) in [7, 11) is 1.51. The second-order valence-electron chi connectivity index (χ2n) is 2.56. The average Bonchev–Trinajstić information content (AvgIpc) is 2.26. The normalized spacial score (nSPS) is 9.57. The number of aromatic nitrogens is 2. The van der Waals surface area contributed by atoms with Gasteiger partial charge in [-0.2, -0.15) is 0 Å². The molecule has 0 aliphatic heterocycles. The number of ether oxygens (including phenoxy) is 2. The van der Waals surface area contributed by atoms with Crippen LogP contribution in [0.1, 0.15) is 19.0 Å². The maximum Gasteiger partial charge on any atom is 0.305 e. The van der Waals surface area contributed by atoms with Crippen LogP contribution < -0.4 is 4.74 Å². The Morgan fingerprint density at radius 2 is 2.21 bits per heavy atom. The molecule has 5 nitrogen and oxygen atoms in total. The number of hydrogen-bond acceptors (Lipinski definition) is 5. The van der Waals surface area contributed by atoms with Gasteiger partial charge in [-0.3, -0.25) is 9.78 Å². The molecule has 0 radical (unpaired) electrons. The highest BCUT2D eigenvalue weighted by molar-refractivity contribution is 5.68. The molecule has 0 saturated heterocycles. The highest BCUT2D eigenvalue weighted by Gasteiger charge is 2.01. The van der Waals surface area contributed by atoms with Gasteiger partial charge in [0.25, 0.3) is 0 Å². The first kappa shape index (κ1) is 10.4. The third kappa shape index (κ3) is 3.01. The highest BCUT2D eigenvalue weighted by atomic mass is 16.5. The topological polar surface area (TPSA) is 61.3 Å². The Bertz CT molecular complexity index is 297. The van der Waals surface area contributed by atoms with Crippen molar-refractivity contribution in [2.24, 2.45) is 0 Å². The molecule has 0 aromatic carbocycles. The second kappa shape index (κ2) is 5.16. The van der Waals surface area contributed by atoms with E-state index in [1.165, 1.54) is 19.5 Å². The summed E-state index contributed by atoms with van der Waals surface area (Å²) in [6, 6.07) is 0. The number of hydrogen-bond donors (Lipinski definition) is 0. The van der Waals surface area contributed by atoms with Crippen LogP contribution >= 0.6 is 0 Å². The minimum absolute atomic E-state index is 0.156. The molecule has 14 heavy (non-hydrogen) atoms. The van der Waals surface area contributed by atoms with Gasteiger partial charge in [0.2, 0.25) is 5.88 Å². The van der Waals surface area contributed by atoms with Crippen molar-refractivity contribution in [3.63, 3.8) is 0 Å². The summed E-state index contributed by atoms with van der Waals surface area (Å²) in [6.45, 7) is 1.89. The van der Waals surface area contributed by atoms with Crippen molar-refractivity contribution in [2.75, 3.05) is 7.11 Å². The van der Waals surface area contributed by atoms with Crippen LogP contribution in [0, 0.1) is 0 Å². The lowest BCUT2D eigenvalue weighted by atomic mass is 10.4. The molecular weight excluding hydrogens is 184 g/mol. The predicted octanol–water partition coefficient (Wildman–Crippen LogP) is 0.938. The van der Waals surface area contributed by atoms with Crippen molar-refractivity contribution in [1.29, 1.82) is 0 Å². The van der Waals surface area contributed by atoms with Gasteiger partial charge in [-0.05, 0) is 0 Å². The fourth-order valence-electron chi connectivity index (χ4n) is 0.779. The Morgan fingerprint density at radius 1 is 1.43 bits per heavy atom. The van der Waals surface area contributed by atoms with E-state index < -0.39 is 0 Å². The fourth-order valence-corrected chi connectivity index (χ4v) is 0.779. The molecule has 0 unspecified atom stereocenters. The molecule has 0 atom stereocenters. The predicted molar refractivity (Wildman–Crippen MR) is 48.7 cm³/mol. The van der Waals surface area contributed by atoms with Crippen LogP contribution in [-0.4, -0.2) is 23.0 Å². The van der Waals surface area contributed by atoms with Crippen LogP contribution in [0.2, 0.25) is 0 Å². The SMILES string of the molecule is CCC(=O)OCc1cnc(OC)cn1. The summed E-state index contributed by atoms with van der Waals surface area (Å²) in [6.07, 6.45) is 3.36. The molecule has 0 amide bonds. The lowest BCUT2D eigenvalue weighted by Gasteiger charge is -2.02. The van der Waals surface area contributed by atoms with E-state index in [0.29, 0.717) is 18.0 Å². The van der Waals surface area contributed by atoms with E-state index in [4.69, 9.17) is 9.47 Å². The first-order valence-corrected chi connectivity index (χ1v) is 4.26. The van der Waals surface area contributed by atoms with E-state index in [2.05, 4.69) is 9.97 Å². The highest BCUT2D eigenvalue weighted by Crippen LogP contribution is 2.03. The number of carbonyl (C=O) groups excluding carboxylic acids is 1. The summed E-state index contributed by atoms with van der Waals surface area (Å²) >= 11 is 0. The van der Waals surface area contributed by atoms with Gasteiger partial charge in [-0.1, -0.05) is 6.92 Å². The van der Waals surface area contributed by atoms with E-state index in [9.17, 15) is 4.79 Å². The molecule has 0 fully saturated rings.